The summed E-state index contributed by atoms with van der Waals surface area (Å²) >= 11 is 0. The Morgan fingerprint density at radius 1 is 0.333 bits per heavy atom. The molecule has 0 atom stereocenters. The van der Waals surface area contributed by atoms with E-state index in [4.69, 9.17) is 0 Å². The van der Waals surface area contributed by atoms with Crippen LogP contribution in [0.3, 0.4) is 0 Å². The summed E-state index contributed by atoms with van der Waals surface area (Å²) in [4.78, 5) is 4.56. The van der Waals surface area contributed by atoms with Gasteiger partial charge >= 0.3 is 0 Å². The second-order valence-corrected chi connectivity index (χ2v) is 13.2. The van der Waals surface area contributed by atoms with E-state index in [9.17, 15) is 0 Å². The van der Waals surface area contributed by atoms with Crippen LogP contribution >= 0.6 is 0 Å². The van der Waals surface area contributed by atoms with Crippen molar-refractivity contribution in [3.8, 4) is 28.2 Å². The molecule has 0 spiro atoms. The molecule has 51 heavy (non-hydrogen) atoms. The molecule has 0 N–H and O–H groups in total. The minimum atomic E-state index is 1.04. The first-order valence-electron chi connectivity index (χ1n) is 17.4. The third-order valence-electron chi connectivity index (χ3n) is 10.5. The van der Waals surface area contributed by atoms with Gasteiger partial charge in [-0.25, -0.2) is 0 Å². The lowest BCUT2D eigenvalue weighted by atomic mass is 9.93. The summed E-state index contributed by atoms with van der Waals surface area (Å²) in [5.41, 5.74) is 12.8. The number of hydrogen-bond donors (Lipinski definition) is 0. The zero-order valence-corrected chi connectivity index (χ0v) is 27.6. The first-order valence-corrected chi connectivity index (χ1v) is 17.4. The quantitative estimate of drug-likeness (QED) is 0.186. The predicted octanol–water partition coefficient (Wildman–Crippen LogP) is 12.0. The number of fused-ring (bicyclic) bond motifs is 9. The number of aromatic nitrogens is 4. The molecule has 4 heteroatoms. The second-order valence-electron chi connectivity index (χ2n) is 13.2. The molecule has 4 nitrogen and oxygen atoms in total. The Labute approximate surface area is 293 Å². The molecule has 0 aliphatic carbocycles. The second kappa shape index (κ2) is 10.8. The van der Waals surface area contributed by atoms with Crippen molar-refractivity contribution in [3.63, 3.8) is 0 Å². The van der Waals surface area contributed by atoms with Crippen molar-refractivity contribution in [3.05, 3.63) is 182 Å². The molecule has 7 aromatic carbocycles. The van der Waals surface area contributed by atoms with E-state index in [2.05, 4.69) is 182 Å². The molecule has 0 radical (unpaired) electrons. The van der Waals surface area contributed by atoms with Gasteiger partial charge in [0, 0.05) is 55.5 Å². The lowest BCUT2D eigenvalue weighted by Gasteiger charge is -2.13. The Morgan fingerprint density at radius 3 is 1.39 bits per heavy atom. The van der Waals surface area contributed by atoms with Crippen molar-refractivity contribution in [1.29, 1.82) is 0 Å². The molecule has 0 aliphatic rings. The lowest BCUT2D eigenvalue weighted by molar-refractivity contribution is 1.14. The van der Waals surface area contributed by atoms with Crippen LogP contribution in [0.25, 0.3) is 93.6 Å². The van der Waals surface area contributed by atoms with Crippen LogP contribution in [0.5, 0.6) is 0 Å². The van der Waals surface area contributed by atoms with Crippen LogP contribution in [0.4, 0.5) is 0 Å². The Bertz CT molecular complexity index is 2980. The molecule has 11 rings (SSSR count). The van der Waals surface area contributed by atoms with Crippen molar-refractivity contribution in [1.82, 2.24) is 18.7 Å². The van der Waals surface area contributed by atoms with Gasteiger partial charge in [-0.1, -0.05) is 97.1 Å². The third-order valence-corrected chi connectivity index (χ3v) is 10.5. The van der Waals surface area contributed by atoms with E-state index in [1.807, 2.05) is 18.5 Å². The topological polar surface area (TPSA) is 27.7 Å². The first kappa shape index (κ1) is 28.0. The summed E-state index contributed by atoms with van der Waals surface area (Å²) in [5, 5.41) is 7.42. The largest absolute Gasteiger partial charge is 0.309 e. The van der Waals surface area contributed by atoms with Crippen molar-refractivity contribution >= 4 is 65.4 Å². The highest BCUT2D eigenvalue weighted by Gasteiger charge is 2.24. The molecule has 0 aliphatic heterocycles. The third kappa shape index (κ3) is 3.99. The van der Waals surface area contributed by atoms with Gasteiger partial charge < -0.3 is 13.7 Å². The van der Waals surface area contributed by atoms with E-state index < -0.39 is 0 Å². The highest BCUT2D eigenvalue weighted by molar-refractivity contribution is 6.29. The number of rotatable bonds is 4. The Balaban J connectivity index is 1.36. The van der Waals surface area contributed by atoms with Gasteiger partial charge in [0.1, 0.15) is 0 Å². The first-order chi connectivity index (χ1) is 25.3. The molecule has 238 valence electrons. The van der Waals surface area contributed by atoms with Gasteiger partial charge in [0.15, 0.2) is 0 Å². The smallest absolute Gasteiger partial charge is 0.0645 e. The van der Waals surface area contributed by atoms with Crippen molar-refractivity contribution in [2.45, 2.75) is 0 Å². The molecule has 0 saturated carbocycles. The van der Waals surface area contributed by atoms with E-state index in [0.29, 0.717) is 0 Å². The van der Waals surface area contributed by atoms with Crippen molar-refractivity contribution in [2.75, 3.05) is 0 Å². The molecule has 0 fully saturated rings. The molecule has 0 amide bonds. The molecule has 0 unspecified atom stereocenters. The fourth-order valence-corrected chi connectivity index (χ4v) is 8.46. The van der Waals surface area contributed by atoms with E-state index in [0.717, 1.165) is 28.1 Å². The summed E-state index contributed by atoms with van der Waals surface area (Å²) in [5.74, 6) is 0. The fourth-order valence-electron chi connectivity index (χ4n) is 8.46. The Kier molecular flexibility index (Phi) is 5.92. The number of nitrogens with zero attached hydrogens (tertiary/aromatic N) is 4. The van der Waals surface area contributed by atoms with Crippen LogP contribution in [0.15, 0.2) is 182 Å². The molecule has 0 bridgehead atoms. The maximum Gasteiger partial charge on any atom is 0.0645 e. The van der Waals surface area contributed by atoms with E-state index in [1.54, 1.807) is 0 Å². The highest BCUT2D eigenvalue weighted by Crippen LogP contribution is 2.48. The number of benzene rings is 7. The molecule has 4 heterocycles. The highest BCUT2D eigenvalue weighted by atomic mass is 15.0. The molecule has 11 aromatic rings. The van der Waals surface area contributed by atoms with Gasteiger partial charge in [-0.15, -0.1) is 0 Å². The zero-order valence-electron chi connectivity index (χ0n) is 27.6. The average molecular weight is 651 g/mol. The summed E-state index contributed by atoms with van der Waals surface area (Å²) in [6.45, 7) is 0. The van der Waals surface area contributed by atoms with Crippen molar-refractivity contribution in [2.24, 2.45) is 0 Å². The van der Waals surface area contributed by atoms with E-state index in [1.165, 1.54) is 65.5 Å². The van der Waals surface area contributed by atoms with Gasteiger partial charge in [0.2, 0.25) is 0 Å². The Hall–Kier alpha value is -6.91. The molecular weight excluding hydrogens is 621 g/mol. The van der Waals surface area contributed by atoms with E-state index >= 15 is 0 Å². The number of pyridine rings is 1. The summed E-state index contributed by atoms with van der Waals surface area (Å²) in [6.07, 6.45) is 3.81. The summed E-state index contributed by atoms with van der Waals surface area (Å²) in [6, 6.07) is 61.5. The predicted molar refractivity (Wildman–Crippen MR) is 213 cm³/mol. The van der Waals surface area contributed by atoms with Gasteiger partial charge in [0.25, 0.3) is 0 Å². The maximum absolute atomic E-state index is 4.56. The summed E-state index contributed by atoms with van der Waals surface area (Å²) in [7, 11) is 0. The van der Waals surface area contributed by atoms with Gasteiger partial charge in [-0.2, -0.15) is 0 Å². The standard InChI is InChI=1S/C47H30N4/c1-3-14-32(15-4-1)49-39-22-10-7-19-35(39)38-28-31(25-26-42(38)49)45-46-36-20-8-11-23-40(36)50(33-16-5-2-6-17-33)43(46)29-44-47(45)37-21-9-12-24-41(37)51(44)34-18-13-27-48-30-34/h1-30H. The van der Waals surface area contributed by atoms with E-state index in [-0.39, 0.29) is 0 Å². The Morgan fingerprint density at radius 2 is 0.804 bits per heavy atom. The van der Waals surface area contributed by atoms with Gasteiger partial charge in [0.05, 0.1) is 45.0 Å². The maximum atomic E-state index is 4.56. The number of para-hydroxylation sites is 5. The molecule has 0 saturated heterocycles. The summed E-state index contributed by atoms with van der Waals surface area (Å²) < 4.78 is 7.20. The average Bonchev–Trinajstić information content (AvgIpc) is 3.83. The van der Waals surface area contributed by atoms with Crippen LogP contribution in [0.2, 0.25) is 0 Å². The van der Waals surface area contributed by atoms with Crippen LogP contribution in [-0.4, -0.2) is 18.7 Å². The van der Waals surface area contributed by atoms with Crippen LogP contribution in [0.1, 0.15) is 0 Å². The SMILES string of the molecule is c1ccc(-n2c3ccccc3c3cc(-c4c5c6ccccc6n(-c6ccccc6)c5cc5c4c4ccccc4n5-c4cccnc4)ccc32)cc1. The normalized spacial score (nSPS) is 11.9. The monoisotopic (exact) mass is 650 g/mol. The minimum absolute atomic E-state index is 1.04. The molecule has 4 aromatic heterocycles. The zero-order chi connectivity index (χ0) is 33.5. The van der Waals surface area contributed by atoms with Gasteiger partial charge in [-0.05, 0) is 78.4 Å². The van der Waals surface area contributed by atoms with Crippen LogP contribution < -0.4 is 0 Å². The fraction of sp³-hybridized carbons (Fsp3) is 0. The molecular formula is C47H30N4. The minimum Gasteiger partial charge on any atom is -0.309 e. The number of hydrogen-bond acceptors (Lipinski definition) is 1. The lowest BCUT2D eigenvalue weighted by Crippen LogP contribution is -1.97. The van der Waals surface area contributed by atoms with Gasteiger partial charge in [-0.3, -0.25) is 4.98 Å². The van der Waals surface area contributed by atoms with Crippen LogP contribution in [0, 0.1) is 0 Å². The van der Waals surface area contributed by atoms with Crippen LogP contribution in [-0.2, 0) is 0 Å². The van der Waals surface area contributed by atoms with Crippen molar-refractivity contribution < 1.29 is 0 Å².